The minimum absolute atomic E-state index is 0.157. The first-order valence-corrected chi connectivity index (χ1v) is 6.45. The quantitative estimate of drug-likeness (QED) is 0.617. The fourth-order valence-electron chi connectivity index (χ4n) is 1.90. The molecule has 2 N–H and O–H groups in total. The molecule has 0 spiro atoms. The number of rotatable bonds is 5. The maximum absolute atomic E-state index is 5.81. The molecule has 1 unspecified atom stereocenters. The summed E-state index contributed by atoms with van der Waals surface area (Å²) in [6.45, 7) is 2.08. The number of hydrogen-bond acceptors (Lipinski definition) is 3. The molecule has 1 aromatic carbocycles. The summed E-state index contributed by atoms with van der Waals surface area (Å²) in [5.41, 5.74) is 1.27. The van der Waals surface area contributed by atoms with E-state index < -0.39 is 0 Å². The van der Waals surface area contributed by atoms with E-state index in [1.807, 2.05) is 18.2 Å². The molecular weight excluding hydrogens is 248 g/mol. The van der Waals surface area contributed by atoms with E-state index in [2.05, 4.69) is 16.7 Å². The van der Waals surface area contributed by atoms with Crippen molar-refractivity contribution in [1.82, 2.24) is 10.6 Å². The highest BCUT2D eigenvalue weighted by Crippen LogP contribution is 2.27. The molecule has 1 aliphatic rings. The predicted molar refractivity (Wildman–Crippen MR) is 75.0 cm³/mol. The Morgan fingerprint density at radius 1 is 1.44 bits per heavy atom. The van der Waals surface area contributed by atoms with Gasteiger partial charge in [0, 0.05) is 20.1 Å². The molecule has 1 aliphatic heterocycles. The van der Waals surface area contributed by atoms with Crippen molar-refractivity contribution in [2.24, 2.45) is 0 Å². The molecule has 4 nitrogen and oxygen atoms in total. The summed E-state index contributed by atoms with van der Waals surface area (Å²) in [6, 6.07) is 8.13. The van der Waals surface area contributed by atoms with Crippen molar-refractivity contribution < 1.29 is 9.47 Å². The Bertz CT molecular complexity index is 387. The van der Waals surface area contributed by atoms with E-state index >= 15 is 0 Å². The van der Waals surface area contributed by atoms with Crippen molar-refractivity contribution in [2.45, 2.75) is 12.5 Å². The van der Waals surface area contributed by atoms with Crippen molar-refractivity contribution >= 4 is 17.3 Å². The Balaban J connectivity index is 1.69. The summed E-state index contributed by atoms with van der Waals surface area (Å²) in [6.07, 6.45) is 1.09. The van der Waals surface area contributed by atoms with Gasteiger partial charge in [0.25, 0.3) is 0 Å². The van der Waals surface area contributed by atoms with Crippen molar-refractivity contribution in [3.05, 3.63) is 29.8 Å². The zero-order chi connectivity index (χ0) is 12.8. The lowest BCUT2D eigenvalue weighted by atomic mass is 10.1. The molecule has 2 rings (SSSR count). The maximum atomic E-state index is 5.81. The lowest BCUT2D eigenvalue weighted by molar-refractivity contribution is 0.203. The molecule has 0 saturated carbocycles. The molecule has 0 bridgehead atoms. The Morgan fingerprint density at radius 2 is 2.28 bits per heavy atom. The van der Waals surface area contributed by atoms with E-state index in [0.717, 1.165) is 12.2 Å². The average molecular weight is 266 g/mol. The molecule has 18 heavy (non-hydrogen) atoms. The van der Waals surface area contributed by atoms with Crippen molar-refractivity contribution in [1.29, 1.82) is 0 Å². The third-order valence-electron chi connectivity index (χ3n) is 2.80. The van der Waals surface area contributed by atoms with Crippen LogP contribution in [0.4, 0.5) is 0 Å². The highest BCUT2D eigenvalue weighted by molar-refractivity contribution is 7.80. The zero-order valence-electron chi connectivity index (χ0n) is 10.4. The second kappa shape index (κ2) is 6.56. The summed E-state index contributed by atoms with van der Waals surface area (Å²) in [5.74, 6) is 0.988. The van der Waals surface area contributed by atoms with Gasteiger partial charge in [0.15, 0.2) is 5.11 Å². The SMILES string of the molecule is COCCNC(=S)NCC1Cc2ccccc2O1. The van der Waals surface area contributed by atoms with Crippen LogP contribution in [0.2, 0.25) is 0 Å². The Morgan fingerprint density at radius 3 is 3.06 bits per heavy atom. The monoisotopic (exact) mass is 266 g/mol. The van der Waals surface area contributed by atoms with Gasteiger partial charge in [-0.2, -0.15) is 0 Å². The molecule has 1 heterocycles. The predicted octanol–water partition coefficient (Wildman–Crippen LogP) is 1.10. The first kappa shape index (κ1) is 13.1. The van der Waals surface area contributed by atoms with Gasteiger partial charge in [-0.1, -0.05) is 18.2 Å². The number of hydrogen-bond donors (Lipinski definition) is 2. The van der Waals surface area contributed by atoms with E-state index in [-0.39, 0.29) is 6.10 Å². The van der Waals surface area contributed by atoms with Gasteiger partial charge in [0.1, 0.15) is 11.9 Å². The van der Waals surface area contributed by atoms with Crippen LogP contribution in [0.5, 0.6) is 5.75 Å². The number of nitrogens with one attached hydrogen (secondary N) is 2. The van der Waals surface area contributed by atoms with Crippen molar-refractivity contribution in [3.8, 4) is 5.75 Å². The van der Waals surface area contributed by atoms with Gasteiger partial charge in [0.05, 0.1) is 13.2 Å². The normalized spacial score (nSPS) is 16.8. The van der Waals surface area contributed by atoms with Gasteiger partial charge in [-0.25, -0.2) is 0 Å². The molecule has 1 aromatic rings. The second-order valence-corrected chi connectivity index (χ2v) is 4.59. The highest BCUT2D eigenvalue weighted by Gasteiger charge is 2.21. The van der Waals surface area contributed by atoms with Crippen LogP contribution in [0.3, 0.4) is 0 Å². The van der Waals surface area contributed by atoms with Gasteiger partial charge >= 0.3 is 0 Å². The summed E-state index contributed by atoms with van der Waals surface area (Å²) < 4.78 is 10.7. The molecule has 0 saturated heterocycles. The number of methoxy groups -OCH3 is 1. The van der Waals surface area contributed by atoms with E-state index in [1.165, 1.54) is 5.56 Å². The van der Waals surface area contributed by atoms with E-state index in [4.69, 9.17) is 21.7 Å². The third kappa shape index (κ3) is 3.58. The second-order valence-electron chi connectivity index (χ2n) is 4.18. The van der Waals surface area contributed by atoms with Crippen LogP contribution in [0.15, 0.2) is 24.3 Å². The molecule has 0 fully saturated rings. The lowest BCUT2D eigenvalue weighted by Gasteiger charge is -2.14. The third-order valence-corrected chi connectivity index (χ3v) is 3.08. The summed E-state index contributed by atoms with van der Waals surface area (Å²) in [5, 5.41) is 6.87. The van der Waals surface area contributed by atoms with Gasteiger partial charge in [-0.3, -0.25) is 0 Å². The smallest absolute Gasteiger partial charge is 0.166 e. The zero-order valence-corrected chi connectivity index (χ0v) is 11.3. The van der Waals surface area contributed by atoms with Crippen LogP contribution in [-0.4, -0.2) is 38.0 Å². The number of ether oxygens (including phenoxy) is 2. The first-order valence-electron chi connectivity index (χ1n) is 6.05. The molecule has 1 atom stereocenters. The van der Waals surface area contributed by atoms with E-state index in [1.54, 1.807) is 7.11 Å². The fourth-order valence-corrected chi connectivity index (χ4v) is 2.09. The van der Waals surface area contributed by atoms with Crippen LogP contribution in [0.1, 0.15) is 5.56 Å². The van der Waals surface area contributed by atoms with Gasteiger partial charge in [-0.05, 0) is 23.8 Å². The van der Waals surface area contributed by atoms with Crippen molar-refractivity contribution in [3.63, 3.8) is 0 Å². The Hall–Kier alpha value is -1.33. The maximum Gasteiger partial charge on any atom is 0.166 e. The van der Waals surface area contributed by atoms with E-state index in [9.17, 15) is 0 Å². The fraction of sp³-hybridized carbons (Fsp3) is 0.462. The molecular formula is C13H18N2O2S. The minimum atomic E-state index is 0.157. The topological polar surface area (TPSA) is 42.5 Å². The lowest BCUT2D eigenvalue weighted by Crippen LogP contribution is -2.41. The summed E-state index contributed by atoms with van der Waals surface area (Å²) >= 11 is 5.16. The number of para-hydroxylation sites is 1. The first-order chi connectivity index (χ1) is 8.79. The minimum Gasteiger partial charge on any atom is -0.488 e. The summed E-state index contributed by atoms with van der Waals surface area (Å²) in [4.78, 5) is 0. The molecule has 0 aromatic heterocycles. The van der Waals surface area contributed by atoms with E-state index in [0.29, 0.717) is 24.8 Å². The van der Waals surface area contributed by atoms with Crippen LogP contribution in [0, 0.1) is 0 Å². The standard InChI is InChI=1S/C13H18N2O2S/c1-16-7-6-14-13(18)15-9-11-8-10-4-2-3-5-12(10)17-11/h2-5,11H,6-9H2,1H3,(H2,14,15,18). The summed E-state index contributed by atoms with van der Waals surface area (Å²) in [7, 11) is 1.67. The number of benzene rings is 1. The van der Waals surface area contributed by atoms with Crippen LogP contribution in [-0.2, 0) is 11.2 Å². The molecule has 0 aliphatic carbocycles. The Labute approximate surface area is 113 Å². The Kier molecular flexibility index (Phi) is 4.78. The largest absolute Gasteiger partial charge is 0.488 e. The van der Waals surface area contributed by atoms with Crippen LogP contribution >= 0.6 is 12.2 Å². The van der Waals surface area contributed by atoms with Gasteiger partial charge in [-0.15, -0.1) is 0 Å². The molecule has 0 amide bonds. The molecule has 98 valence electrons. The van der Waals surface area contributed by atoms with Gasteiger partial charge in [0.2, 0.25) is 0 Å². The highest BCUT2D eigenvalue weighted by atomic mass is 32.1. The van der Waals surface area contributed by atoms with Crippen molar-refractivity contribution in [2.75, 3.05) is 26.8 Å². The van der Waals surface area contributed by atoms with Crippen LogP contribution in [0.25, 0.3) is 0 Å². The van der Waals surface area contributed by atoms with Gasteiger partial charge < -0.3 is 20.1 Å². The number of thiocarbonyl (C=S) groups is 1. The molecule has 0 radical (unpaired) electrons. The average Bonchev–Trinajstić information content (AvgIpc) is 2.79. The molecule has 5 heteroatoms. The van der Waals surface area contributed by atoms with Crippen LogP contribution < -0.4 is 15.4 Å². The number of fused-ring (bicyclic) bond motifs is 1.